The molecule has 1 aliphatic heterocycles. The highest BCUT2D eigenvalue weighted by atomic mass is 16.5. The smallest absolute Gasteiger partial charge is 0.268 e. The van der Waals surface area contributed by atoms with Crippen molar-refractivity contribution in [3.8, 4) is 5.75 Å². The van der Waals surface area contributed by atoms with Gasteiger partial charge in [0.2, 0.25) is 0 Å². The van der Waals surface area contributed by atoms with Crippen molar-refractivity contribution in [2.45, 2.75) is 45.8 Å². The van der Waals surface area contributed by atoms with Gasteiger partial charge >= 0.3 is 0 Å². The van der Waals surface area contributed by atoms with E-state index in [2.05, 4.69) is 13.5 Å². The van der Waals surface area contributed by atoms with Crippen LogP contribution in [0, 0.1) is 0 Å². The molecule has 2 N–H and O–H groups in total. The van der Waals surface area contributed by atoms with Gasteiger partial charge < -0.3 is 15.4 Å². The Morgan fingerprint density at radius 1 is 1.52 bits per heavy atom. The Hall–Kier alpha value is -1.81. The highest BCUT2D eigenvalue weighted by Gasteiger charge is 2.31. The van der Waals surface area contributed by atoms with Crippen LogP contribution in [0.4, 0.5) is 5.69 Å². The number of hydrogen-bond donors (Lipinski definition) is 1. The zero-order valence-corrected chi connectivity index (χ0v) is 13.1. The molecule has 0 aliphatic carbocycles. The molecule has 2 atom stereocenters. The molecule has 1 aromatic carbocycles. The third kappa shape index (κ3) is 3.27. The number of carbonyl (C=O) groups is 1. The second-order valence-electron chi connectivity index (χ2n) is 5.76. The molecule has 4 heteroatoms. The van der Waals surface area contributed by atoms with E-state index in [9.17, 15) is 4.79 Å². The number of carbonyl (C=O) groups excluding carboxylic acids is 1. The number of nitrogens with two attached hydrogens (primary N) is 1. The molecule has 0 spiro atoms. The van der Waals surface area contributed by atoms with Crippen molar-refractivity contribution in [2.24, 2.45) is 5.73 Å². The molecular weight excluding hydrogens is 264 g/mol. The predicted octanol–water partition coefficient (Wildman–Crippen LogP) is 3.18. The Balaban J connectivity index is 2.40. The minimum atomic E-state index is -0.466. The second-order valence-corrected chi connectivity index (χ2v) is 5.76. The van der Waals surface area contributed by atoms with Crippen molar-refractivity contribution >= 4 is 11.6 Å². The number of benzene rings is 1. The Morgan fingerprint density at radius 2 is 2.24 bits per heavy atom. The van der Waals surface area contributed by atoms with Crippen molar-refractivity contribution in [2.75, 3.05) is 11.4 Å². The molecule has 2 rings (SSSR count). The van der Waals surface area contributed by atoms with Gasteiger partial charge in [-0.1, -0.05) is 31.6 Å². The Bertz CT molecular complexity index is 554. The van der Waals surface area contributed by atoms with E-state index in [0.29, 0.717) is 6.54 Å². The van der Waals surface area contributed by atoms with Gasteiger partial charge in [-0.2, -0.15) is 0 Å². The Labute approximate surface area is 126 Å². The first-order chi connectivity index (χ1) is 9.93. The summed E-state index contributed by atoms with van der Waals surface area (Å²) in [6.07, 6.45) is 1.48. The first kappa shape index (κ1) is 15.6. The van der Waals surface area contributed by atoms with Gasteiger partial charge in [0.05, 0.1) is 5.69 Å². The van der Waals surface area contributed by atoms with Crippen molar-refractivity contribution in [1.29, 1.82) is 0 Å². The predicted molar refractivity (Wildman–Crippen MR) is 85.5 cm³/mol. The van der Waals surface area contributed by atoms with Crippen LogP contribution < -0.4 is 15.4 Å². The summed E-state index contributed by atoms with van der Waals surface area (Å²) >= 11 is 0. The van der Waals surface area contributed by atoms with Crippen LogP contribution in [0.1, 0.15) is 45.2 Å². The SMILES string of the molecule is C=C(C)CN1C(=O)C(C)Oc2ccc(C(N)CCC)cc21. The lowest BCUT2D eigenvalue weighted by Crippen LogP contribution is -2.45. The van der Waals surface area contributed by atoms with E-state index in [-0.39, 0.29) is 11.9 Å². The van der Waals surface area contributed by atoms with Crippen LogP contribution in [-0.4, -0.2) is 18.6 Å². The van der Waals surface area contributed by atoms with Gasteiger partial charge in [-0.05, 0) is 38.0 Å². The molecule has 0 aromatic heterocycles. The number of nitrogens with zero attached hydrogens (tertiary/aromatic N) is 1. The van der Waals surface area contributed by atoms with Crippen LogP contribution >= 0.6 is 0 Å². The van der Waals surface area contributed by atoms with Crippen LogP contribution in [0.3, 0.4) is 0 Å². The van der Waals surface area contributed by atoms with Crippen molar-refractivity contribution in [1.82, 2.24) is 0 Å². The number of anilines is 1. The normalized spacial score (nSPS) is 19.0. The topological polar surface area (TPSA) is 55.6 Å². The standard InChI is InChI=1S/C17H24N2O2/c1-5-6-14(18)13-7-8-16-15(9-13)19(10-11(2)3)17(20)12(4)21-16/h7-9,12,14H,2,5-6,10,18H2,1,3-4H3. The third-order valence-corrected chi connectivity index (χ3v) is 3.65. The monoisotopic (exact) mass is 288 g/mol. The summed E-state index contributed by atoms with van der Waals surface area (Å²) in [5.41, 5.74) is 8.95. The number of hydrogen-bond acceptors (Lipinski definition) is 3. The fourth-order valence-electron chi connectivity index (χ4n) is 2.57. The quantitative estimate of drug-likeness (QED) is 0.847. The van der Waals surface area contributed by atoms with Gasteiger partial charge in [0.15, 0.2) is 6.10 Å². The maximum atomic E-state index is 12.4. The molecule has 114 valence electrons. The van der Waals surface area contributed by atoms with E-state index in [1.807, 2.05) is 25.1 Å². The number of rotatable bonds is 5. The fourth-order valence-corrected chi connectivity index (χ4v) is 2.57. The molecule has 1 aliphatic rings. The van der Waals surface area contributed by atoms with Crippen molar-refractivity contribution < 1.29 is 9.53 Å². The van der Waals surface area contributed by atoms with Crippen LogP contribution in [0.2, 0.25) is 0 Å². The third-order valence-electron chi connectivity index (χ3n) is 3.65. The molecule has 21 heavy (non-hydrogen) atoms. The average Bonchev–Trinajstić information content (AvgIpc) is 2.43. The molecule has 1 amide bonds. The molecule has 0 radical (unpaired) electrons. The molecule has 0 saturated carbocycles. The summed E-state index contributed by atoms with van der Waals surface area (Å²) in [7, 11) is 0. The van der Waals surface area contributed by atoms with Crippen LogP contribution in [0.25, 0.3) is 0 Å². The lowest BCUT2D eigenvalue weighted by Gasteiger charge is -2.33. The maximum Gasteiger partial charge on any atom is 0.268 e. The van der Waals surface area contributed by atoms with E-state index in [0.717, 1.165) is 35.4 Å². The van der Waals surface area contributed by atoms with E-state index in [1.54, 1.807) is 11.8 Å². The van der Waals surface area contributed by atoms with Gasteiger partial charge in [-0.15, -0.1) is 0 Å². The van der Waals surface area contributed by atoms with E-state index >= 15 is 0 Å². The van der Waals surface area contributed by atoms with Gasteiger partial charge in [0.25, 0.3) is 5.91 Å². The average molecular weight is 288 g/mol. The van der Waals surface area contributed by atoms with Gasteiger partial charge in [-0.3, -0.25) is 4.79 Å². The summed E-state index contributed by atoms with van der Waals surface area (Å²) in [6, 6.07) is 5.86. The molecule has 1 heterocycles. The lowest BCUT2D eigenvalue weighted by atomic mass is 10.0. The largest absolute Gasteiger partial charge is 0.479 e. The number of amides is 1. The summed E-state index contributed by atoms with van der Waals surface area (Å²) < 4.78 is 5.69. The molecule has 4 nitrogen and oxygen atoms in total. The zero-order valence-electron chi connectivity index (χ0n) is 13.1. The maximum absolute atomic E-state index is 12.4. The van der Waals surface area contributed by atoms with Gasteiger partial charge in [-0.25, -0.2) is 0 Å². The second kappa shape index (κ2) is 6.31. The molecule has 0 saturated heterocycles. The van der Waals surface area contributed by atoms with Crippen LogP contribution in [0.5, 0.6) is 5.75 Å². The molecule has 1 aromatic rings. The molecule has 2 unspecified atom stereocenters. The summed E-state index contributed by atoms with van der Waals surface area (Å²) in [5.74, 6) is 0.697. The Kier molecular flexibility index (Phi) is 4.68. The van der Waals surface area contributed by atoms with E-state index in [1.165, 1.54) is 0 Å². The highest BCUT2D eigenvalue weighted by molar-refractivity contribution is 6.00. The molecule has 0 fully saturated rings. The summed E-state index contributed by atoms with van der Waals surface area (Å²) in [6.45, 7) is 10.2. The summed E-state index contributed by atoms with van der Waals surface area (Å²) in [5, 5.41) is 0. The van der Waals surface area contributed by atoms with Crippen molar-refractivity contribution in [3.05, 3.63) is 35.9 Å². The van der Waals surface area contributed by atoms with Gasteiger partial charge in [0.1, 0.15) is 5.75 Å². The van der Waals surface area contributed by atoms with Crippen LogP contribution in [0.15, 0.2) is 30.4 Å². The van der Waals surface area contributed by atoms with Crippen molar-refractivity contribution in [3.63, 3.8) is 0 Å². The fraction of sp³-hybridized carbons (Fsp3) is 0.471. The minimum Gasteiger partial charge on any atom is -0.479 e. The van der Waals surface area contributed by atoms with E-state index < -0.39 is 6.10 Å². The minimum absolute atomic E-state index is 0.0126. The zero-order chi connectivity index (χ0) is 15.6. The number of fused-ring (bicyclic) bond motifs is 1. The van der Waals surface area contributed by atoms with E-state index in [4.69, 9.17) is 10.5 Å². The Morgan fingerprint density at radius 3 is 2.86 bits per heavy atom. The first-order valence-corrected chi connectivity index (χ1v) is 7.46. The lowest BCUT2D eigenvalue weighted by molar-refractivity contribution is -0.125. The first-order valence-electron chi connectivity index (χ1n) is 7.46. The molecule has 0 bridgehead atoms. The highest BCUT2D eigenvalue weighted by Crippen LogP contribution is 2.36. The van der Waals surface area contributed by atoms with Gasteiger partial charge in [0, 0.05) is 12.6 Å². The van der Waals surface area contributed by atoms with Crippen LogP contribution in [-0.2, 0) is 4.79 Å². The number of ether oxygens (including phenoxy) is 1. The molecular formula is C17H24N2O2. The summed E-state index contributed by atoms with van der Waals surface area (Å²) in [4.78, 5) is 14.1.